The molecule has 0 unspecified atom stereocenters. The SMILES string of the molecule is CC[C@@H]1C(=O)N(c2ccc(OCCCc3ccc(O)cc3)cc2)[C@H]1c1ccccc1. The highest BCUT2D eigenvalue weighted by Gasteiger charge is 2.47. The lowest BCUT2D eigenvalue weighted by molar-refractivity contribution is -0.130. The molecule has 1 aliphatic heterocycles. The molecule has 0 radical (unpaired) electrons. The molecular formula is C26H27NO3. The van der Waals surface area contributed by atoms with Gasteiger partial charge in [-0.3, -0.25) is 4.79 Å². The van der Waals surface area contributed by atoms with Crippen molar-refractivity contribution in [2.24, 2.45) is 5.92 Å². The number of phenolic OH excluding ortho intramolecular Hbond substituents is 1. The zero-order chi connectivity index (χ0) is 20.9. The number of carbonyl (C=O) groups excluding carboxylic acids is 1. The van der Waals surface area contributed by atoms with E-state index in [0.29, 0.717) is 6.61 Å². The minimum atomic E-state index is 0.0447. The van der Waals surface area contributed by atoms with Crippen LogP contribution in [0.2, 0.25) is 0 Å². The second-order valence-electron chi connectivity index (χ2n) is 7.69. The number of ether oxygens (including phenoxy) is 1. The van der Waals surface area contributed by atoms with Crippen molar-refractivity contribution in [2.45, 2.75) is 32.2 Å². The third-order valence-electron chi connectivity index (χ3n) is 5.72. The van der Waals surface area contributed by atoms with Crippen LogP contribution >= 0.6 is 0 Å². The normalized spacial score (nSPS) is 18.2. The van der Waals surface area contributed by atoms with Gasteiger partial charge in [0.25, 0.3) is 0 Å². The maximum Gasteiger partial charge on any atom is 0.233 e. The van der Waals surface area contributed by atoms with Crippen molar-refractivity contribution < 1.29 is 14.6 Å². The third kappa shape index (κ3) is 4.18. The van der Waals surface area contributed by atoms with Gasteiger partial charge in [0.1, 0.15) is 11.5 Å². The molecule has 4 nitrogen and oxygen atoms in total. The lowest BCUT2D eigenvalue weighted by Crippen LogP contribution is -2.55. The summed E-state index contributed by atoms with van der Waals surface area (Å²) in [7, 11) is 0. The number of hydrogen-bond donors (Lipinski definition) is 1. The first-order chi connectivity index (χ1) is 14.7. The molecule has 3 aromatic carbocycles. The van der Waals surface area contributed by atoms with Gasteiger partial charge in [0, 0.05) is 5.69 Å². The van der Waals surface area contributed by atoms with Gasteiger partial charge in [0.05, 0.1) is 18.6 Å². The van der Waals surface area contributed by atoms with Gasteiger partial charge in [0.2, 0.25) is 5.91 Å². The number of β-lactam (4-membered cyclic amide) rings is 1. The number of aromatic hydroxyl groups is 1. The number of rotatable bonds is 8. The van der Waals surface area contributed by atoms with Crippen LogP contribution in [0.1, 0.15) is 36.9 Å². The van der Waals surface area contributed by atoms with Crippen LogP contribution in [0.25, 0.3) is 0 Å². The second kappa shape index (κ2) is 9.04. The molecule has 30 heavy (non-hydrogen) atoms. The maximum absolute atomic E-state index is 12.7. The van der Waals surface area contributed by atoms with Crippen molar-refractivity contribution in [3.05, 3.63) is 90.0 Å². The molecule has 0 aliphatic carbocycles. The fourth-order valence-electron chi connectivity index (χ4n) is 4.10. The van der Waals surface area contributed by atoms with E-state index in [1.54, 1.807) is 12.1 Å². The van der Waals surface area contributed by atoms with Crippen molar-refractivity contribution in [3.8, 4) is 11.5 Å². The van der Waals surface area contributed by atoms with Crippen LogP contribution in [0.4, 0.5) is 5.69 Å². The Morgan fingerprint density at radius 3 is 2.30 bits per heavy atom. The van der Waals surface area contributed by atoms with E-state index in [9.17, 15) is 9.90 Å². The number of phenols is 1. The quantitative estimate of drug-likeness (QED) is 0.399. The van der Waals surface area contributed by atoms with E-state index in [0.717, 1.165) is 30.7 Å². The van der Waals surface area contributed by atoms with E-state index in [1.807, 2.05) is 59.5 Å². The summed E-state index contributed by atoms with van der Waals surface area (Å²) >= 11 is 0. The van der Waals surface area contributed by atoms with Gasteiger partial charge in [-0.25, -0.2) is 0 Å². The van der Waals surface area contributed by atoms with Gasteiger partial charge in [-0.15, -0.1) is 0 Å². The molecule has 0 aromatic heterocycles. The van der Waals surface area contributed by atoms with Crippen LogP contribution in [0.3, 0.4) is 0 Å². The fraction of sp³-hybridized carbons (Fsp3) is 0.269. The third-order valence-corrected chi connectivity index (χ3v) is 5.72. The molecule has 1 saturated heterocycles. The monoisotopic (exact) mass is 401 g/mol. The summed E-state index contributed by atoms with van der Waals surface area (Å²) in [5.74, 6) is 1.33. The molecule has 0 saturated carbocycles. The van der Waals surface area contributed by atoms with E-state index < -0.39 is 0 Å². The minimum absolute atomic E-state index is 0.0447. The van der Waals surface area contributed by atoms with Crippen LogP contribution in [-0.2, 0) is 11.2 Å². The van der Waals surface area contributed by atoms with Gasteiger partial charge in [-0.1, -0.05) is 49.4 Å². The van der Waals surface area contributed by atoms with Crippen molar-refractivity contribution in [1.29, 1.82) is 0 Å². The van der Waals surface area contributed by atoms with Crippen LogP contribution < -0.4 is 9.64 Å². The number of amides is 1. The van der Waals surface area contributed by atoms with Crippen molar-refractivity contribution in [2.75, 3.05) is 11.5 Å². The van der Waals surface area contributed by atoms with Crippen molar-refractivity contribution >= 4 is 11.6 Å². The smallest absolute Gasteiger partial charge is 0.233 e. The Morgan fingerprint density at radius 2 is 1.63 bits per heavy atom. The largest absolute Gasteiger partial charge is 0.508 e. The molecule has 154 valence electrons. The maximum atomic E-state index is 12.7. The van der Waals surface area contributed by atoms with Crippen molar-refractivity contribution in [1.82, 2.24) is 0 Å². The Kier molecular flexibility index (Phi) is 6.03. The minimum Gasteiger partial charge on any atom is -0.508 e. The molecule has 1 amide bonds. The van der Waals surface area contributed by atoms with Gasteiger partial charge < -0.3 is 14.7 Å². The van der Waals surface area contributed by atoms with Crippen LogP contribution in [0.5, 0.6) is 11.5 Å². The molecule has 1 aliphatic rings. The zero-order valence-electron chi connectivity index (χ0n) is 17.2. The average molecular weight is 402 g/mol. The van der Waals surface area contributed by atoms with Gasteiger partial charge in [-0.05, 0) is 66.8 Å². The predicted molar refractivity (Wildman–Crippen MR) is 119 cm³/mol. The van der Waals surface area contributed by atoms with Crippen molar-refractivity contribution in [3.63, 3.8) is 0 Å². The first kappa shape index (κ1) is 20.0. The van der Waals surface area contributed by atoms with Crippen LogP contribution in [0.15, 0.2) is 78.9 Å². The molecular weight excluding hydrogens is 374 g/mol. The molecule has 1 heterocycles. The molecule has 4 rings (SSSR count). The summed E-state index contributed by atoms with van der Waals surface area (Å²) in [5.41, 5.74) is 3.27. The van der Waals surface area contributed by atoms with Crippen LogP contribution in [-0.4, -0.2) is 17.6 Å². The fourth-order valence-corrected chi connectivity index (χ4v) is 4.10. The highest BCUT2D eigenvalue weighted by atomic mass is 16.5. The van der Waals surface area contributed by atoms with Gasteiger partial charge in [-0.2, -0.15) is 0 Å². The first-order valence-corrected chi connectivity index (χ1v) is 10.6. The Morgan fingerprint density at radius 1 is 0.933 bits per heavy atom. The van der Waals surface area contributed by atoms with Gasteiger partial charge in [0.15, 0.2) is 0 Å². The lowest BCUT2D eigenvalue weighted by Gasteiger charge is -2.47. The summed E-state index contributed by atoms with van der Waals surface area (Å²) in [6.45, 7) is 2.69. The predicted octanol–water partition coefficient (Wildman–Crippen LogP) is 5.52. The number of benzene rings is 3. The summed E-state index contributed by atoms with van der Waals surface area (Å²) < 4.78 is 5.87. The average Bonchev–Trinajstić information content (AvgIpc) is 2.78. The summed E-state index contributed by atoms with van der Waals surface area (Å²) in [6, 6.07) is 25.4. The van der Waals surface area contributed by atoms with E-state index >= 15 is 0 Å². The molecule has 0 spiro atoms. The van der Waals surface area contributed by atoms with Gasteiger partial charge >= 0.3 is 0 Å². The molecule has 1 fully saturated rings. The first-order valence-electron chi connectivity index (χ1n) is 10.6. The topological polar surface area (TPSA) is 49.8 Å². The second-order valence-corrected chi connectivity index (χ2v) is 7.69. The summed E-state index contributed by atoms with van der Waals surface area (Å²) in [4.78, 5) is 14.6. The number of nitrogens with zero attached hydrogens (tertiary/aromatic N) is 1. The molecule has 3 aromatic rings. The number of hydrogen-bond acceptors (Lipinski definition) is 3. The Labute approximate surface area is 177 Å². The van der Waals surface area contributed by atoms with E-state index in [2.05, 4.69) is 19.1 Å². The number of carbonyl (C=O) groups is 1. The molecule has 2 atom stereocenters. The Hall–Kier alpha value is -3.27. The number of anilines is 1. The molecule has 1 N–H and O–H groups in total. The highest BCUT2D eigenvalue weighted by Crippen LogP contribution is 2.45. The standard InChI is InChI=1S/C26H27NO3/c1-2-24-25(20-8-4-3-5-9-20)27(26(24)29)21-12-16-23(17-13-21)30-18-6-7-19-10-14-22(28)15-11-19/h3-5,8-17,24-25,28H,2,6-7,18H2,1H3/t24-,25-/m0/s1. The molecule has 0 bridgehead atoms. The van der Waals surface area contributed by atoms with E-state index in [4.69, 9.17) is 4.74 Å². The molecule has 4 heteroatoms. The lowest BCUT2D eigenvalue weighted by atomic mass is 9.80. The number of aryl methyl sites for hydroxylation is 1. The highest BCUT2D eigenvalue weighted by molar-refractivity contribution is 6.03. The summed E-state index contributed by atoms with van der Waals surface area (Å²) in [5, 5.41) is 9.34. The summed E-state index contributed by atoms with van der Waals surface area (Å²) in [6.07, 6.45) is 2.64. The van der Waals surface area contributed by atoms with E-state index in [-0.39, 0.29) is 23.6 Å². The zero-order valence-corrected chi connectivity index (χ0v) is 17.2. The van der Waals surface area contributed by atoms with E-state index in [1.165, 1.54) is 11.1 Å². The Balaban J connectivity index is 1.35. The van der Waals surface area contributed by atoms with Crippen LogP contribution in [0, 0.1) is 5.92 Å². The Bertz CT molecular complexity index is 967.